The molecule has 0 radical (unpaired) electrons. The molecule has 3 saturated heterocycles. The van der Waals surface area contributed by atoms with Gasteiger partial charge in [-0.05, 0) is 49.1 Å². The van der Waals surface area contributed by atoms with E-state index in [1.807, 2.05) is 35.2 Å². The predicted molar refractivity (Wildman–Crippen MR) is 106 cm³/mol. The molecule has 3 fully saturated rings. The minimum absolute atomic E-state index is 0.190. The lowest BCUT2D eigenvalue weighted by molar-refractivity contribution is -0.137. The van der Waals surface area contributed by atoms with Crippen molar-refractivity contribution in [1.29, 1.82) is 0 Å². The fraction of sp³-hybridized carbons (Fsp3) is 0.500. The van der Waals surface area contributed by atoms with Gasteiger partial charge in [0.05, 0.1) is 6.04 Å². The van der Waals surface area contributed by atoms with Crippen molar-refractivity contribution < 1.29 is 13.9 Å². The minimum atomic E-state index is -0.350. The second-order valence-electron chi connectivity index (χ2n) is 8.22. The van der Waals surface area contributed by atoms with Crippen LogP contribution in [0.4, 0.5) is 0 Å². The Kier molecular flexibility index (Phi) is 4.49. The molecular formula is C22H25ClN2O3. The van der Waals surface area contributed by atoms with Gasteiger partial charge in [-0.15, -0.1) is 0 Å². The quantitative estimate of drug-likeness (QED) is 0.760. The van der Waals surface area contributed by atoms with Crippen LogP contribution in [0.5, 0.6) is 0 Å². The first kappa shape index (κ1) is 18.2. The van der Waals surface area contributed by atoms with Crippen LogP contribution in [-0.4, -0.2) is 41.4 Å². The zero-order valence-electron chi connectivity index (χ0n) is 16.1. The van der Waals surface area contributed by atoms with Crippen molar-refractivity contribution in [2.24, 2.45) is 5.92 Å². The molecule has 1 amide bonds. The molecule has 0 aliphatic carbocycles. The van der Waals surface area contributed by atoms with E-state index in [4.69, 9.17) is 20.8 Å². The first-order valence-electron chi connectivity index (χ1n) is 10.00. The van der Waals surface area contributed by atoms with Crippen LogP contribution in [0.15, 0.2) is 40.8 Å². The van der Waals surface area contributed by atoms with E-state index in [9.17, 15) is 4.79 Å². The Bertz CT molecular complexity index is 897. The molecule has 2 aromatic rings. The third kappa shape index (κ3) is 2.71. The normalized spacial score (nSPS) is 29.5. The Morgan fingerprint density at radius 1 is 1.32 bits per heavy atom. The van der Waals surface area contributed by atoms with Crippen LogP contribution in [-0.2, 0) is 22.7 Å². The number of likely N-dealkylation sites (tertiary alicyclic amines) is 1. The maximum atomic E-state index is 13.6. The molecule has 3 atom stereocenters. The van der Waals surface area contributed by atoms with Gasteiger partial charge in [-0.2, -0.15) is 0 Å². The number of hydrogen-bond donors (Lipinski definition) is 0. The predicted octanol–water partition coefficient (Wildman–Crippen LogP) is 4.02. The van der Waals surface area contributed by atoms with Gasteiger partial charge in [0.1, 0.15) is 23.7 Å². The van der Waals surface area contributed by atoms with Crippen LogP contribution in [0, 0.1) is 5.92 Å². The number of hydrogen-bond acceptors (Lipinski definition) is 4. The standard InChI is InChI=1S/C22H25ClN2O3/c1-27-14-18-6-7-20(28-18)19-11-16-13-24(12-15-4-2-5-17(23)10-15)21(26)22(16)8-3-9-25(19)22/h2,4-7,10,16,19H,3,8-9,11-14H2,1H3/t16-,19-,22-/m0/s1. The van der Waals surface area contributed by atoms with Crippen molar-refractivity contribution in [1.82, 2.24) is 9.80 Å². The molecule has 3 aliphatic rings. The summed E-state index contributed by atoms with van der Waals surface area (Å²) in [5.41, 5.74) is 0.742. The molecule has 4 heterocycles. The number of benzene rings is 1. The number of carbonyl (C=O) groups is 1. The summed E-state index contributed by atoms with van der Waals surface area (Å²) in [5.74, 6) is 2.44. The van der Waals surface area contributed by atoms with Crippen LogP contribution in [0.1, 0.15) is 42.4 Å². The van der Waals surface area contributed by atoms with E-state index in [2.05, 4.69) is 11.0 Å². The number of methoxy groups -OCH3 is 1. The van der Waals surface area contributed by atoms with Gasteiger partial charge < -0.3 is 14.1 Å². The number of rotatable bonds is 5. The molecule has 148 valence electrons. The monoisotopic (exact) mass is 400 g/mol. The Morgan fingerprint density at radius 2 is 2.21 bits per heavy atom. The van der Waals surface area contributed by atoms with Gasteiger partial charge in [-0.3, -0.25) is 9.69 Å². The van der Waals surface area contributed by atoms with Gasteiger partial charge in [-0.25, -0.2) is 0 Å². The Morgan fingerprint density at radius 3 is 3.04 bits per heavy atom. The minimum Gasteiger partial charge on any atom is -0.462 e. The highest BCUT2D eigenvalue weighted by atomic mass is 35.5. The summed E-state index contributed by atoms with van der Waals surface area (Å²) >= 11 is 6.13. The van der Waals surface area contributed by atoms with Gasteiger partial charge >= 0.3 is 0 Å². The molecule has 1 aromatic heterocycles. The van der Waals surface area contributed by atoms with Gasteiger partial charge in [0.2, 0.25) is 5.91 Å². The highest BCUT2D eigenvalue weighted by molar-refractivity contribution is 6.30. The van der Waals surface area contributed by atoms with Crippen molar-refractivity contribution in [3.05, 3.63) is 58.5 Å². The van der Waals surface area contributed by atoms with Gasteiger partial charge in [0, 0.05) is 37.7 Å². The van der Waals surface area contributed by atoms with Crippen molar-refractivity contribution in [2.45, 2.75) is 44.0 Å². The summed E-state index contributed by atoms with van der Waals surface area (Å²) in [6.45, 7) is 2.88. The fourth-order valence-corrected chi connectivity index (χ4v) is 5.85. The van der Waals surface area contributed by atoms with E-state index < -0.39 is 0 Å². The maximum absolute atomic E-state index is 13.6. The Labute approximate surface area is 170 Å². The number of furan rings is 1. The molecule has 0 N–H and O–H groups in total. The zero-order chi connectivity index (χ0) is 19.3. The first-order chi connectivity index (χ1) is 13.6. The van der Waals surface area contributed by atoms with Crippen LogP contribution >= 0.6 is 11.6 Å². The smallest absolute Gasteiger partial charge is 0.243 e. The maximum Gasteiger partial charge on any atom is 0.243 e. The first-order valence-corrected chi connectivity index (χ1v) is 10.4. The van der Waals surface area contributed by atoms with Crippen molar-refractivity contribution in [3.8, 4) is 0 Å². The molecule has 28 heavy (non-hydrogen) atoms. The number of nitrogens with zero attached hydrogens (tertiary/aromatic N) is 2. The summed E-state index contributed by atoms with van der Waals surface area (Å²) in [6, 6.07) is 12.0. The summed E-state index contributed by atoms with van der Waals surface area (Å²) in [5, 5.41) is 0.717. The Hall–Kier alpha value is -1.82. The highest BCUT2D eigenvalue weighted by Gasteiger charge is 2.65. The van der Waals surface area contributed by atoms with Crippen molar-refractivity contribution >= 4 is 17.5 Å². The molecule has 5 nitrogen and oxygen atoms in total. The molecule has 6 heteroatoms. The second kappa shape index (κ2) is 6.90. The van der Waals surface area contributed by atoms with E-state index in [1.54, 1.807) is 7.11 Å². The largest absolute Gasteiger partial charge is 0.462 e. The van der Waals surface area contributed by atoms with Crippen LogP contribution in [0.25, 0.3) is 0 Å². The average molecular weight is 401 g/mol. The zero-order valence-corrected chi connectivity index (χ0v) is 16.8. The topological polar surface area (TPSA) is 45.9 Å². The van der Waals surface area contributed by atoms with Gasteiger partial charge in [0.15, 0.2) is 0 Å². The third-order valence-electron chi connectivity index (χ3n) is 6.69. The van der Waals surface area contributed by atoms with E-state index >= 15 is 0 Å². The summed E-state index contributed by atoms with van der Waals surface area (Å²) in [6.07, 6.45) is 2.98. The average Bonchev–Trinajstić information content (AvgIpc) is 3.40. The van der Waals surface area contributed by atoms with E-state index in [-0.39, 0.29) is 17.5 Å². The van der Waals surface area contributed by atoms with Crippen molar-refractivity contribution in [2.75, 3.05) is 20.2 Å². The molecule has 3 aliphatic heterocycles. The summed E-state index contributed by atoms with van der Waals surface area (Å²) in [7, 11) is 1.67. The lowest BCUT2D eigenvalue weighted by Crippen LogP contribution is -2.49. The summed E-state index contributed by atoms with van der Waals surface area (Å²) < 4.78 is 11.2. The molecule has 0 unspecified atom stereocenters. The molecule has 1 aromatic carbocycles. The lowest BCUT2D eigenvalue weighted by Gasteiger charge is -2.32. The molecule has 1 spiro atoms. The SMILES string of the molecule is COCc1ccc([C@@H]2C[C@H]3CN(Cc4cccc(Cl)c4)C(=O)[C@]34CCCN24)o1. The molecular weight excluding hydrogens is 376 g/mol. The number of halogens is 1. The van der Waals surface area contributed by atoms with E-state index in [0.29, 0.717) is 19.1 Å². The summed E-state index contributed by atoms with van der Waals surface area (Å²) in [4.78, 5) is 18.0. The van der Waals surface area contributed by atoms with Crippen LogP contribution in [0.2, 0.25) is 5.02 Å². The highest BCUT2D eigenvalue weighted by Crippen LogP contribution is 2.56. The van der Waals surface area contributed by atoms with E-state index in [1.165, 1.54) is 0 Å². The lowest BCUT2D eigenvalue weighted by atomic mass is 9.85. The third-order valence-corrected chi connectivity index (χ3v) is 6.92. The van der Waals surface area contributed by atoms with E-state index in [0.717, 1.165) is 54.5 Å². The molecule has 0 saturated carbocycles. The van der Waals surface area contributed by atoms with Crippen molar-refractivity contribution in [3.63, 3.8) is 0 Å². The number of ether oxygens (including phenoxy) is 1. The second-order valence-corrected chi connectivity index (χ2v) is 8.66. The van der Waals surface area contributed by atoms with Crippen LogP contribution < -0.4 is 0 Å². The number of amides is 1. The van der Waals surface area contributed by atoms with Gasteiger partial charge in [-0.1, -0.05) is 23.7 Å². The van der Waals surface area contributed by atoms with Gasteiger partial charge in [0.25, 0.3) is 0 Å². The fourth-order valence-electron chi connectivity index (χ4n) is 5.63. The molecule has 0 bridgehead atoms. The Balaban J connectivity index is 1.39. The van der Waals surface area contributed by atoms with Crippen LogP contribution in [0.3, 0.4) is 0 Å². The molecule has 5 rings (SSSR count). The number of carbonyl (C=O) groups excluding carboxylic acids is 1.